The molecule has 1 atom stereocenters. The minimum Gasteiger partial charge on any atom is -0.330 e. The standard InChI is InChI=1S/C13H17N3OS2/c1-3-8(7-14)12(17)15-9-4-5-10-11(6-9)19-13(16-10)18-2/h4-6,8H,3,7,14H2,1-2H3,(H,15,17). The van der Waals surface area contributed by atoms with Crippen molar-refractivity contribution < 1.29 is 4.79 Å². The van der Waals surface area contributed by atoms with Gasteiger partial charge in [0.2, 0.25) is 5.91 Å². The molecule has 1 amide bonds. The first-order chi connectivity index (χ1) is 9.17. The van der Waals surface area contributed by atoms with Gasteiger partial charge in [-0.05, 0) is 30.9 Å². The fourth-order valence-electron chi connectivity index (χ4n) is 1.77. The minimum absolute atomic E-state index is 0.0149. The molecule has 1 aromatic carbocycles. The molecule has 1 unspecified atom stereocenters. The second kappa shape index (κ2) is 6.36. The zero-order chi connectivity index (χ0) is 13.8. The van der Waals surface area contributed by atoms with E-state index in [1.807, 2.05) is 31.4 Å². The third-order valence-electron chi connectivity index (χ3n) is 2.96. The number of hydrogen-bond donors (Lipinski definition) is 2. The number of anilines is 1. The summed E-state index contributed by atoms with van der Waals surface area (Å²) in [5.41, 5.74) is 7.35. The summed E-state index contributed by atoms with van der Waals surface area (Å²) in [7, 11) is 0. The van der Waals surface area contributed by atoms with Gasteiger partial charge in [0, 0.05) is 12.2 Å². The van der Waals surface area contributed by atoms with E-state index in [2.05, 4.69) is 10.3 Å². The highest BCUT2D eigenvalue weighted by Gasteiger charge is 2.14. The Morgan fingerprint density at radius 2 is 2.37 bits per heavy atom. The van der Waals surface area contributed by atoms with E-state index in [1.54, 1.807) is 23.1 Å². The van der Waals surface area contributed by atoms with Gasteiger partial charge in [0.05, 0.1) is 16.1 Å². The van der Waals surface area contributed by atoms with Crippen molar-refractivity contribution >= 4 is 44.9 Å². The maximum Gasteiger partial charge on any atom is 0.228 e. The number of aromatic nitrogens is 1. The highest BCUT2D eigenvalue weighted by Crippen LogP contribution is 2.30. The van der Waals surface area contributed by atoms with Crippen molar-refractivity contribution in [3.63, 3.8) is 0 Å². The number of carbonyl (C=O) groups excluding carboxylic acids is 1. The highest BCUT2D eigenvalue weighted by molar-refractivity contribution is 8.00. The van der Waals surface area contributed by atoms with Crippen molar-refractivity contribution in [1.82, 2.24) is 4.98 Å². The highest BCUT2D eigenvalue weighted by atomic mass is 32.2. The van der Waals surface area contributed by atoms with Crippen molar-refractivity contribution in [2.45, 2.75) is 17.7 Å². The predicted molar refractivity (Wildman–Crippen MR) is 82.9 cm³/mol. The van der Waals surface area contributed by atoms with E-state index in [9.17, 15) is 4.79 Å². The van der Waals surface area contributed by atoms with Gasteiger partial charge in [-0.15, -0.1) is 11.3 Å². The van der Waals surface area contributed by atoms with Gasteiger partial charge in [-0.2, -0.15) is 0 Å². The van der Waals surface area contributed by atoms with E-state index in [4.69, 9.17) is 5.73 Å². The molecule has 0 saturated carbocycles. The first-order valence-electron chi connectivity index (χ1n) is 6.13. The molecule has 0 aliphatic rings. The second-order valence-electron chi connectivity index (χ2n) is 4.20. The van der Waals surface area contributed by atoms with Crippen LogP contribution >= 0.6 is 23.1 Å². The van der Waals surface area contributed by atoms with Gasteiger partial charge in [-0.25, -0.2) is 4.98 Å². The SMILES string of the molecule is CCC(CN)C(=O)Nc1ccc2nc(SC)sc2c1. The first kappa shape index (κ1) is 14.3. The second-order valence-corrected chi connectivity index (χ2v) is 6.28. The van der Waals surface area contributed by atoms with E-state index < -0.39 is 0 Å². The Bertz CT molecular complexity index is 578. The van der Waals surface area contributed by atoms with Crippen LogP contribution < -0.4 is 11.1 Å². The van der Waals surface area contributed by atoms with Gasteiger partial charge in [0.1, 0.15) is 0 Å². The Morgan fingerprint density at radius 3 is 3.00 bits per heavy atom. The molecule has 6 heteroatoms. The van der Waals surface area contributed by atoms with Crippen LogP contribution in [0, 0.1) is 5.92 Å². The Morgan fingerprint density at radius 1 is 1.58 bits per heavy atom. The lowest BCUT2D eigenvalue weighted by molar-refractivity contribution is -0.119. The van der Waals surface area contributed by atoms with Gasteiger partial charge in [-0.3, -0.25) is 4.79 Å². The molecule has 0 fully saturated rings. The summed E-state index contributed by atoms with van der Waals surface area (Å²) in [4.78, 5) is 16.4. The van der Waals surface area contributed by atoms with E-state index in [1.165, 1.54) is 0 Å². The minimum atomic E-state index is -0.126. The van der Waals surface area contributed by atoms with E-state index in [0.717, 1.165) is 26.7 Å². The summed E-state index contributed by atoms with van der Waals surface area (Å²) < 4.78 is 2.12. The normalized spacial score (nSPS) is 12.6. The smallest absolute Gasteiger partial charge is 0.228 e. The van der Waals surface area contributed by atoms with Crippen LogP contribution in [0.15, 0.2) is 22.5 Å². The molecule has 4 nitrogen and oxygen atoms in total. The summed E-state index contributed by atoms with van der Waals surface area (Å²) >= 11 is 3.26. The fraction of sp³-hybridized carbons (Fsp3) is 0.385. The molecule has 2 rings (SSSR count). The molecule has 0 spiro atoms. The average molecular weight is 295 g/mol. The van der Waals surface area contributed by atoms with E-state index >= 15 is 0 Å². The number of nitrogens with one attached hydrogen (secondary N) is 1. The van der Waals surface area contributed by atoms with Crippen LogP contribution in [0.4, 0.5) is 5.69 Å². The molecular formula is C13H17N3OS2. The average Bonchev–Trinajstić information content (AvgIpc) is 2.82. The summed E-state index contributed by atoms with van der Waals surface area (Å²) in [5, 5.41) is 2.92. The zero-order valence-corrected chi connectivity index (χ0v) is 12.6. The van der Waals surface area contributed by atoms with Crippen molar-refractivity contribution in [3.05, 3.63) is 18.2 Å². The molecule has 0 saturated heterocycles. The number of nitrogens with two attached hydrogens (primary N) is 1. The molecular weight excluding hydrogens is 278 g/mol. The molecule has 1 heterocycles. The van der Waals surface area contributed by atoms with Gasteiger partial charge >= 0.3 is 0 Å². The maximum absolute atomic E-state index is 12.0. The molecule has 0 radical (unpaired) electrons. The Labute approximate surface area is 120 Å². The van der Waals surface area contributed by atoms with Gasteiger partial charge in [0.15, 0.2) is 4.34 Å². The Hall–Kier alpha value is -1.11. The van der Waals surface area contributed by atoms with Crippen molar-refractivity contribution in [3.8, 4) is 0 Å². The molecule has 102 valence electrons. The number of thiazole rings is 1. The third-order valence-corrected chi connectivity index (χ3v) is 4.96. The number of thioether (sulfide) groups is 1. The molecule has 3 N–H and O–H groups in total. The molecule has 0 aliphatic heterocycles. The van der Waals surface area contributed by atoms with Crippen molar-refractivity contribution in [2.24, 2.45) is 11.7 Å². The lowest BCUT2D eigenvalue weighted by Crippen LogP contribution is -2.28. The van der Waals surface area contributed by atoms with Crippen LogP contribution in [0.25, 0.3) is 10.2 Å². The van der Waals surface area contributed by atoms with Crippen LogP contribution in [0.5, 0.6) is 0 Å². The van der Waals surface area contributed by atoms with E-state index in [-0.39, 0.29) is 11.8 Å². The van der Waals surface area contributed by atoms with Gasteiger partial charge in [-0.1, -0.05) is 18.7 Å². The van der Waals surface area contributed by atoms with Crippen LogP contribution in [0.1, 0.15) is 13.3 Å². The topological polar surface area (TPSA) is 68.0 Å². The fourth-order valence-corrected chi connectivity index (χ4v) is 3.30. The van der Waals surface area contributed by atoms with E-state index in [0.29, 0.717) is 6.54 Å². The van der Waals surface area contributed by atoms with Crippen molar-refractivity contribution in [1.29, 1.82) is 0 Å². The summed E-state index contributed by atoms with van der Waals surface area (Å²) in [5.74, 6) is -0.141. The summed E-state index contributed by atoms with van der Waals surface area (Å²) in [6, 6.07) is 5.78. The molecule has 0 bridgehead atoms. The lowest BCUT2D eigenvalue weighted by Gasteiger charge is -2.12. The Balaban J connectivity index is 2.19. The Kier molecular flexibility index (Phi) is 4.79. The van der Waals surface area contributed by atoms with Gasteiger partial charge in [0.25, 0.3) is 0 Å². The van der Waals surface area contributed by atoms with Crippen LogP contribution in [0.3, 0.4) is 0 Å². The third kappa shape index (κ3) is 3.26. The summed E-state index contributed by atoms with van der Waals surface area (Å²) in [6.45, 7) is 2.34. The van der Waals surface area contributed by atoms with Gasteiger partial charge < -0.3 is 11.1 Å². The number of carbonyl (C=O) groups is 1. The zero-order valence-electron chi connectivity index (χ0n) is 11.0. The monoisotopic (exact) mass is 295 g/mol. The largest absolute Gasteiger partial charge is 0.330 e. The van der Waals surface area contributed by atoms with Crippen molar-refractivity contribution in [2.75, 3.05) is 18.1 Å². The lowest BCUT2D eigenvalue weighted by atomic mass is 10.1. The predicted octanol–water partition coefficient (Wildman–Crippen LogP) is 2.94. The number of benzene rings is 1. The number of nitrogens with zero attached hydrogens (tertiary/aromatic N) is 1. The molecule has 19 heavy (non-hydrogen) atoms. The maximum atomic E-state index is 12.0. The summed E-state index contributed by atoms with van der Waals surface area (Å²) in [6.07, 6.45) is 2.76. The van der Waals surface area contributed by atoms with Crippen LogP contribution in [-0.4, -0.2) is 23.7 Å². The molecule has 0 aliphatic carbocycles. The molecule has 1 aromatic heterocycles. The first-order valence-corrected chi connectivity index (χ1v) is 8.17. The number of hydrogen-bond acceptors (Lipinski definition) is 5. The van der Waals surface area contributed by atoms with Crippen LogP contribution in [-0.2, 0) is 4.79 Å². The number of rotatable bonds is 5. The number of fused-ring (bicyclic) bond motifs is 1. The molecule has 2 aromatic rings. The number of amides is 1. The van der Waals surface area contributed by atoms with Crippen LogP contribution in [0.2, 0.25) is 0 Å². The quantitative estimate of drug-likeness (QED) is 0.832.